The number of hydrogen-bond donors (Lipinski definition) is 1. The van der Waals surface area contributed by atoms with Gasteiger partial charge >= 0.3 is 0 Å². The van der Waals surface area contributed by atoms with Crippen LogP contribution >= 0.6 is 15.9 Å². The second kappa shape index (κ2) is 4.17. The van der Waals surface area contributed by atoms with Gasteiger partial charge in [0.15, 0.2) is 5.01 Å². The number of aliphatic hydroxyl groups excluding tert-OH is 1. The van der Waals surface area contributed by atoms with E-state index < -0.39 is 5.01 Å². The zero-order valence-corrected chi connectivity index (χ0v) is 7.38. The largest absolute Gasteiger partial charge is 0.371 e. The molecule has 0 aliphatic carbocycles. The molecule has 0 saturated heterocycles. The van der Waals surface area contributed by atoms with Gasteiger partial charge in [0.25, 0.3) is 0 Å². The van der Waals surface area contributed by atoms with Crippen LogP contribution < -0.4 is 0 Å². The van der Waals surface area contributed by atoms with E-state index in [4.69, 9.17) is 5.11 Å². The van der Waals surface area contributed by atoms with Crippen molar-refractivity contribution in [1.82, 2.24) is 0 Å². The average Bonchev–Trinajstić information content (AvgIpc) is 2.03. The molecule has 1 unspecified atom stereocenters. The summed E-state index contributed by atoms with van der Waals surface area (Å²) in [5.41, 5.74) is 0.908. The standard InChI is InChI=1S/C9H7BrO/c10-9(11)7-6-8-4-2-1-3-5-8/h1-5,9,11H. The fraction of sp³-hybridized carbons (Fsp3) is 0.111. The van der Waals surface area contributed by atoms with Crippen molar-refractivity contribution in [3.63, 3.8) is 0 Å². The molecule has 1 rings (SSSR count). The lowest BCUT2D eigenvalue weighted by molar-refractivity contribution is 0.324. The van der Waals surface area contributed by atoms with Gasteiger partial charge in [-0.3, -0.25) is 0 Å². The summed E-state index contributed by atoms with van der Waals surface area (Å²) in [4.78, 5) is 0. The van der Waals surface area contributed by atoms with Crippen molar-refractivity contribution in [2.75, 3.05) is 0 Å². The average molecular weight is 211 g/mol. The number of halogens is 1. The molecule has 1 N–H and O–H groups in total. The molecule has 0 amide bonds. The van der Waals surface area contributed by atoms with Crippen LogP contribution in [0.4, 0.5) is 0 Å². The summed E-state index contributed by atoms with van der Waals surface area (Å²) in [7, 11) is 0. The lowest BCUT2D eigenvalue weighted by Gasteiger charge is -1.87. The summed E-state index contributed by atoms with van der Waals surface area (Å²) in [6.45, 7) is 0. The first-order valence-corrected chi connectivity index (χ1v) is 4.09. The van der Waals surface area contributed by atoms with E-state index in [-0.39, 0.29) is 0 Å². The minimum Gasteiger partial charge on any atom is -0.371 e. The molecule has 0 fully saturated rings. The molecule has 11 heavy (non-hydrogen) atoms. The molecule has 56 valence electrons. The summed E-state index contributed by atoms with van der Waals surface area (Å²) < 4.78 is 0. The lowest BCUT2D eigenvalue weighted by Crippen LogP contribution is -1.86. The van der Waals surface area contributed by atoms with Gasteiger partial charge in [-0.1, -0.05) is 30.0 Å². The fourth-order valence-corrected chi connectivity index (χ4v) is 0.779. The Morgan fingerprint density at radius 3 is 2.45 bits per heavy atom. The van der Waals surface area contributed by atoms with Gasteiger partial charge in [0.2, 0.25) is 0 Å². The van der Waals surface area contributed by atoms with Crippen LogP contribution in [0.3, 0.4) is 0 Å². The fourth-order valence-electron chi connectivity index (χ4n) is 0.664. The quantitative estimate of drug-likeness (QED) is 0.512. The highest BCUT2D eigenvalue weighted by molar-refractivity contribution is 9.09. The molecule has 0 heterocycles. The predicted octanol–water partition coefficient (Wildman–Crippen LogP) is 1.75. The van der Waals surface area contributed by atoms with Gasteiger partial charge in [-0.2, -0.15) is 0 Å². The van der Waals surface area contributed by atoms with Gasteiger partial charge in [-0.15, -0.1) is 0 Å². The highest BCUT2D eigenvalue weighted by Gasteiger charge is 1.85. The van der Waals surface area contributed by atoms with E-state index in [9.17, 15) is 0 Å². The molecular weight excluding hydrogens is 204 g/mol. The molecule has 1 nitrogen and oxygen atoms in total. The van der Waals surface area contributed by atoms with Gasteiger partial charge in [-0.05, 0) is 28.1 Å². The maximum absolute atomic E-state index is 8.76. The van der Waals surface area contributed by atoms with Crippen molar-refractivity contribution < 1.29 is 5.11 Å². The van der Waals surface area contributed by atoms with Crippen molar-refractivity contribution in [2.24, 2.45) is 0 Å². The topological polar surface area (TPSA) is 20.2 Å². The Bertz CT molecular complexity index is 269. The Morgan fingerprint density at radius 2 is 1.91 bits per heavy atom. The van der Waals surface area contributed by atoms with E-state index in [0.717, 1.165) is 5.56 Å². The van der Waals surface area contributed by atoms with Gasteiger partial charge in [0.1, 0.15) is 0 Å². The van der Waals surface area contributed by atoms with Crippen LogP contribution in [0, 0.1) is 11.8 Å². The summed E-state index contributed by atoms with van der Waals surface area (Å²) in [5.74, 6) is 5.38. The molecule has 0 radical (unpaired) electrons. The second-order valence-electron chi connectivity index (χ2n) is 1.97. The summed E-state index contributed by atoms with van der Waals surface area (Å²) in [6, 6.07) is 9.52. The van der Waals surface area contributed by atoms with Crippen LogP contribution in [0.2, 0.25) is 0 Å². The van der Waals surface area contributed by atoms with E-state index in [1.54, 1.807) is 0 Å². The van der Waals surface area contributed by atoms with E-state index in [2.05, 4.69) is 27.8 Å². The number of rotatable bonds is 0. The first-order valence-electron chi connectivity index (χ1n) is 3.18. The third-order valence-electron chi connectivity index (χ3n) is 1.11. The van der Waals surface area contributed by atoms with E-state index in [1.807, 2.05) is 30.3 Å². The van der Waals surface area contributed by atoms with Crippen LogP contribution in [0.25, 0.3) is 0 Å². The Labute approximate surface area is 74.2 Å². The lowest BCUT2D eigenvalue weighted by atomic mass is 10.2. The Hall–Kier alpha value is -0.780. The van der Waals surface area contributed by atoms with E-state index >= 15 is 0 Å². The summed E-state index contributed by atoms with van der Waals surface area (Å²) >= 11 is 2.91. The van der Waals surface area contributed by atoms with Crippen molar-refractivity contribution in [2.45, 2.75) is 5.01 Å². The maximum Gasteiger partial charge on any atom is 0.170 e. The van der Waals surface area contributed by atoms with Crippen LogP contribution in [0.5, 0.6) is 0 Å². The normalized spacial score (nSPS) is 11.5. The van der Waals surface area contributed by atoms with E-state index in [0.29, 0.717) is 0 Å². The van der Waals surface area contributed by atoms with Gasteiger partial charge in [0, 0.05) is 5.56 Å². The molecule has 0 aliphatic rings. The number of benzene rings is 1. The first-order chi connectivity index (χ1) is 5.29. The molecule has 0 spiro atoms. The van der Waals surface area contributed by atoms with Crippen molar-refractivity contribution >= 4 is 15.9 Å². The van der Waals surface area contributed by atoms with Crippen LogP contribution in [0.15, 0.2) is 30.3 Å². The third-order valence-corrected chi connectivity index (χ3v) is 1.34. The second-order valence-corrected chi connectivity index (χ2v) is 2.84. The molecule has 2 heteroatoms. The molecule has 1 atom stereocenters. The number of aliphatic hydroxyl groups is 1. The molecule has 1 aromatic carbocycles. The molecular formula is C9H7BrO. The monoisotopic (exact) mass is 210 g/mol. The number of hydrogen-bond acceptors (Lipinski definition) is 1. The molecule has 0 saturated carbocycles. The minimum atomic E-state index is -0.734. The van der Waals surface area contributed by atoms with Crippen molar-refractivity contribution in [3.8, 4) is 11.8 Å². The number of alkyl halides is 1. The Kier molecular flexibility index (Phi) is 3.15. The van der Waals surface area contributed by atoms with Crippen LogP contribution in [-0.4, -0.2) is 10.1 Å². The highest BCUT2D eigenvalue weighted by Crippen LogP contribution is 1.96. The Balaban J connectivity index is 2.75. The van der Waals surface area contributed by atoms with Crippen molar-refractivity contribution in [1.29, 1.82) is 0 Å². The zero-order chi connectivity index (χ0) is 8.10. The molecule has 1 aromatic rings. The first kappa shape index (κ1) is 8.32. The van der Waals surface area contributed by atoms with Crippen LogP contribution in [0.1, 0.15) is 5.56 Å². The van der Waals surface area contributed by atoms with Gasteiger partial charge < -0.3 is 5.11 Å². The minimum absolute atomic E-state index is 0.734. The third kappa shape index (κ3) is 3.22. The van der Waals surface area contributed by atoms with Gasteiger partial charge in [-0.25, -0.2) is 0 Å². The highest BCUT2D eigenvalue weighted by atomic mass is 79.9. The smallest absolute Gasteiger partial charge is 0.170 e. The summed E-state index contributed by atoms with van der Waals surface area (Å²) in [5, 5.41) is 8.02. The summed E-state index contributed by atoms with van der Waals surface area (Å²) in [6.07, 6.45) is 0. The van der Waals surface area contributed by atoms with Crippen LogP contribution in [-0.2, 0) is 0 Å². The van der Waals surface area contributed by atoms with Crippen molar-refractivity contribution in [3.05, 3.63) is 35.9 Å². The predicted molar refractivity (Wildman–Crippen MR) is 48.3 cm³/mol. The zero-order valence-electron chi connectivity index (χ0n) is 5.79. The molecule has 0 aliphatic heterocycles. The Morgan fingerprint density at radius 1 is 1.27 bits per heavy atom. The van der Waals surface area contributed by atoms with Gasteiger partial charge in [0.05, 0.1) is 0 Å². The molecule has 0 bridgehead atoms. The van der Waals surface area contributed by atoms with E-state index in [1.165, 1.54) is 0 Å². The maximum atomic E-state index is 8.76. The SMILES string of the molecule is OC(Br)C#Cc1ccccc1. The molecule has 0 aromatic heterocycles.